The second-order valence-electron chi connectivity index (χ2n) is 8.66. The van der Waals surface area contributed by atoms with E-state index in [1.165, 1.54) is 0 Å². The SMILES string of the molecule is COc1ccc(CO[C@H]2C[C@H](CO)[C@@H](O[Si](C)(C)C(C)(C)C)[C@H]2F)cc1. The van der Waals surface area contributed by atoms with E-state index in [1.54, 1.807) is 7.11 Å². The average Bonchev–Trinajstić information content (AvgIpc) is 2.87. The second-order valence-corrected chi connectivity index (χ2v) is 13.4. The number of hydrogen-bond donors (Lipinski definition) is 1. The number of ether oxygens (including phenoxy) is 2. The number of aliphatic hydroxyl groups is 1. The highest BCUT2D eigenvalue weighted by Gasteiger charge is 2.49. The zero-order valence-corrected chi connectivity index (χ0v) is 17.8. The van der Waals surface area contributed by atoms with Crippen molar-refractivity contribution in [2.24, 2.45) is 5.92 Å². The normalized spacial score (nSPS) is 26.9. The molecule has 0 unspecified atom stereocenters. The highest BCUT2D eigenvalue weighted by molar-refractivity contribution is 6.74. The van der Waals surface area contributed by atoms with Crippen molar-refractivity contribution in [1.29, 1.82) is 0 Å². The smallest absolute Gasteiger partial charge is 0.192 e. The van der Waals surface area contributed by atoms with Crippen LogP contribution in [0.5, 0.6) is 5.75 Å². The molecule has 1 saturated carbocycles. The van der Waals surface area contributed by atoms with E-state index in [0.29, 0.717) is 13.0 Å². The summed E-state index contributed by atoms with van der Waals surface area (Å²) in [6, 6.07) is 7.54. The van der Waals surface area contributed by atoms with E-state index in [2.05, 4.69) is 33.9 Å². The van der Waals surface area contributed by atoms with Crippen molar-refractivity contribution in [3.05, 3.63) is 29.8 Å². The van der Waals surface area contributed by atoms with Crippen LogP contribution in [0.3, 0.4) is 0 Å². The molecule has 1 fully saturated rings. The van der Waals surface area contributed by atoms with E-state index in [1.807, 2.05) is 24.3 Å². The van der Waals surface area contributed by atoms with Crippen LogP contribution in [-0.2, 0) is 15.8 Å². The van der Waals surface area contributed by atoms with Gasteiger partial charge in [-0.2, -0.15) is 0 Å². The van der Waals surface area contributed by atoms with Crippen LogP contribution in [0.1, 0.15) is 32.8 Å². The Morgan fingerprint density at radius 2 is 1.81 bits per heavy atom. The van der Waals surface area contributed by atoms with E-state index >= 15 is 4.39 Å². The van der Waals surface area contributed by atoms with Crippen LogP contribution in [0.15, 0.2) is 24.3 Å². The van der Waals surface area contributed by atoms with Gasteiger partial charge in [0.05, 0.1) is 25.9 Å². The fourth-order valence-corrected chi connectivity index (χ4v) is 4.33. The van der Waals surface area contributed by atoms with Gasteiger partial charge in [0.25, 0.3) is 0 Å². The lowest BCUT2D eigenvalue weighted by Crippen LogP contribution is -2.48. The number of methoxy groups -OCH3 is 1. The molecule has 0 bridgehead atoms. The number of rotatable bonds is 7. The van der Waals surface area contributed by atoms with Crippen LogP contribution >= 0.6 is 0 Å². The average molecular weight is 385 g/mol. The largest absolute Gasteiger partial charge is 0.497 e. The van der Waals surface area contributed by atoms with Gasteiger partial charge < -0.3 is 19.0 Å². The highest BCUT2D eigenvalue weighted by Crippen LogP contribution is 2.42. The molecule has 1 aromatic rings. The summed E-state index contributed by atoms with van der Waals surface area (Å²) in [6.07, 6.45) is -1.89. The lowest BCUT2D eigenvalue weighted by Gasteiger charge is -2.40. The summed E-state index contributed by atoms with van der Waals surface area (Å²) in [5.41, 5.74) is 0.965. The predicted molar refractivity (Wildman–Crippen MR) is 104 cm³/mol. The minimum absolute atomic E-state index is 0.00519. The molecule has 1 aliphatic rings. The molecule has 0 aromatic heterocycles. The Hall–Kier alpha value is -0.953. The third-order valence-corrected chi connectivity index (χ3v) is 10.2. The summed E-state index contributed by atoms with van der Waals surface area (Å²) >= 11 is 0. The van der Waals surface area contributed by atoms with E-state index in [0.717, 1.165) is 11.3 Å². The number of alkyl halides is 1. The monoisotopic (exact) mass is 384 g/mol. The number of halogens is 1. The fraction of sp³-hybridized carbons (Fsp3) is 0.700. The first-order valence-corrected chi connectivity index (χ1v) is 12.2. The summed E-state index contributed by atoms with van der Waals surface area (Å²) in [7, 11) is -0.497. The molecular weight excluding hydrogens is 351 g/mol. The molecule has 0 aliphatic heterocycles. The minimum Gasteiger partial charge on any atom is -0.497 e. The van der Waals surface area contributed by atoms with Gasteiger partial charge >= 0.3 is 0 Å². The van der Waals surface area contributed by atoms with Crippen molar-refractivity contribution in [2.45, 2.75) is 70.3 Å². The molecule has 1 aliphatic carbocycles. The van der Waals surface area contributed by atoms with Crippen molar-refractivity contribution < 1.29 is 23.4 Å². The molecule has 0 saturated heterocycles. The van der Waals surface area contributed by atoms with Crippen LogP contribution in [-0.4, -0.2) is 45.5 Å². The van der Waals surface area contributed by atoms with Crippen molar-refractivity contribution >= 4 is 8.32 Å². The van der Waals surface area contributed by atoms with Gasteiger partial charge in [-0.1, -0.05) is 32.9 Å². The Bertz CT molecular complexity index is 570. The van der Waals surface area contributed by atoms with Gasteiger partial charge in [0.2, 0.25) is 0 Å². The van der Waals surface area contributed by atoms with Crippen LogP contribution < -0.4 is 4.74 Å². The first-order valence-electron chi connectivity index (χ1n) is 9.26. The fourth-order valence-electron chi connectivity index (χ4n) is 2.98. The van der Waals surface area contributed by atoms with Crippen molar-refractivity contribution in [1.82, 2.24) is 0 Å². The Labute approximate surface area is 157 Å². The Balaban J connectivity index is 2.00. The number of aliphatic hydroxyl groups excluding tert-OH is 1. The van der Waals surface area contributed by atoms with Gasteiger partial charge in [0.1, 0.15) is 5.75 Å². The standard InChI is InChI=1S/C20H33FO4Si/c1-20(2,3)26(5,6)25-19-15(12-22)11-17(18(19)21)24-13-14-7-9-16(23-4)10-8-14/h7-10,15,17-19,22H,11-13H2,1-6H3/t15-,17+,18+,19-/m1/s1. The summed E-state index contributed by atoms with van der Waals surface area (Å²) < 4.78 is 32.4. The van der Waals surface area contributed by atoms with Crippen molar-refractivity contribution in [3.63, 3.8) is 0 Å². The topological polar surface area (TPSA) is 47.9 Å². The molecule has 1 N–H and O–H groups in total. The summed E-state index contributed by atoms with van der Waals surface area (Å²) in [4.78, 5) is 0. The molecule has 0 amide bonds. The van der Waals surface area contributed by atoms with Crippen LogP contribution in [0.4, 0.5) is 4.39 Å². The van der Waals surface area contributed by atoms with Gasteiger partial charge in [-0.15, -0.1) is 0 Å². The summed E-state index contributed by atoms with van der Waals surface area (Å²) in [5.74, 6) is 0.557. The maximum Gasteiger partial charge on any atom is 0.192 e. The van der Waals surface area contributed by atoms with E-state index in [9.17, 15) is 5.11 Å². The molecule has 26 heavy (non-hydrogen) atoms. The zero-order valence-electron chi connectivity index (χ0n) is 16.8. The Kier molecular flexibility index (Phi) is 6.88. The van der Waals surface area contributed by atoms with E-state index in [-0.39, 0.29) is 17.6 Å². The van der Waals surface area contributed by atoms with E-state index < -0.39 is 26.7 Å². The molecule has 0 heterocycles. The lowest BCUT2D eigenvalue weighted by molar-refractivity contribution is -0.0214. The van der Waals surface area contributed by atoms with E-state index in [4.69, 9.17) is 13.9 Å². The lowest BCUT2D eigenvalue weighted by atomic mass is 10.1. The van der Waals surface area contributed by atoms with Crippen molar-refractivity contribution in [3.8, 4) is 5.75 Å². The molecule has 148 valence electrons. The Morgan fingerprint density at radius 3 is 2.31 bits per heavy atom. The Morgan fingerprint density at radius 1 is 1.19 bits per heavy atom. The quantitative estimate of drug-likeness (QED) is 0.711. The third-order valence-electron chi connectivity index (χ3n) is 5.76. The zero-order chi connectivity index (χ0) is 19.5. The second kappa shape index (κ2) is 8.38. The molecule has 2 rings (SSSR count). The molecule has 0 radical (unpaired) electrons. The minimum atomic E-state index is -2.12. The third kappa shape index (κ3) is 4.85. The van der Waals surface area contributed by atoms with Gasteiger partial charge in [-0.05, 0) is 42.2 Å². The number of hydrogen-bond acceptors (Lipinski definition) is 4. The van der Waals surface area contributed by atoms with Gasteiger partial charge in [-0.3, -0.25) is 0 Å². The first-order chi connectivity index (χ1) is 12.1. The molecule has 4 nitrogen and oxygen atoms in total. The summed E-state index contributed by atoms with van der Waals surface area (Å²) in [5, 5.41) is 9.71. The number of benzene rings is 1. The van der Waals surface area contributed by atoms with Gasteiger partial charge in [0, 0.05) is 12.5 Å². The molecule has 4 atom stereocenters. The van der Waals surface area contributed by atoms with Gasteiger partial charge in [0.15, 0.2) is 14.5 Å². The maximum absolute atomic E-state index is 15.1. The van der Waals surface area contributed by atoms with Crippen molar-refractivity contribution in [2.75, 3.05) is 13.7 Å². The molecule has 6 heteroatoms. The molecule has 0 spiro atoms. The maximum atomic E-state index is 15.1. The summed E-state index contributed by atoms with van der Waals surface area (Å²) in [6.45, 7) is 10.9. The van der Waals surface area contributed by atoms with Gasteiger partial charge in [-0.25, -0.2) is 4.39 Å². The highest BCUT2D eigenvalue weighted by atomic mass is 28.4. The first kappa shape index (κ1) is 21.3. The predicted octanol–water partition coefficient (Wildman–Crippen LogP) is 4.32. The molecule has 1 aromatic carbocycles. The van der Waals surface area contributed by atoms with Crippen LogP contribution in [0.2, 0.25) is 18.1 Å². The van der Waals surface area contributed by atoms with Crippen LogP contribution in [0, 0.1) is 5.92 Å². The molecular formula is C20H33FO4Si. The van der Waals surface area contributed by atoms with Crippen LogP contribution in [0.25, 0.3) is 0 Å².